The number of carbonyl (C=O) groups is 3. The molecule has 0 unspecified atom stereocenters. The molecule has 55 heavy (non-hydrogen) atoms. The zero-order valence-corrected chi connectivity index (χ0v) is 35.4. The minimum atomic E-state index is -0.733. The summed E-state index contributed by atoms with van der Waals surface area (Å²) in [5, 5.41) is 16.2. The Balaban J connectivity index is 0.000000311. The molecule has 2 amide bonds. The molecule has 4 aromatic carbocycles. The van der Waals surface area contributed by atoms with Crippen LogP contribution >= 0.6 is 0 Å². The molecule has 0 fully saturated rings. The molecular weight excluding hydrogens is 689 g/mol. The second-order valence-corrected chi connectivity index (χ2v) is 17.9. The van der Waals surface area contributed by atoms with Crippen LogP contribution in [0.15, 0.2) is 78.9 Å². The SMILES string of the molecule is CC(C)(C)c1ccc(OC(=O)c2cc(C(C)(C)C)c(O)c(C(C)(C)C)c2)c(C(C)(C)C)c1.CCOc1ccccc1NC(=O)C(=O)Nc1ccccc1CC. The average Bonchev–Trinajstić information content (AvgIpc) is 3.08. The Morgan fingerprint density at radius 2 is 1.07 bits per heavy atom. The molecule has 0 aliphatic rings. The van der Waals surface area contributed by atoms with E-state index in [1.807, 2.05) is 85.7 Å². The molecule has 0 aliphatic heterocycles. The number of hydrogen-bond acceptors (Lipinski definition) is 6. The molecule has 4 aromatic rings. The van der Waals surface area contributed by atoms with Gasteiger partial charge < -0.3 is 25.2 Å². The number of rotatable bonds is 7. The number of hydrogen-bond donors (Lipinski definition) is 3. The molecule has 0 radical (unpaired) electrons. The fraction of sp³-hybridized carbons (Fsp3) is 0.426. The highest BCUT2D eigenvalue weighted by atomic mass is 16.5. The minimum Gasteiger partial charge on any atom is -0.507 e. The molecule has 0 bridgehead atoms. The molecule has 0 aromatic heterocycles. The van der Waals surface area contributed by atoms with Crippen LogP contribution in [0, 0.1) is 0 Å². The Morgan fingerprint density at radius 3 is 1.56 bits per heavy atom. The number of benzene rings is 4. The maximum absolute atomic E-state index is 13.3. The van der Waals surface area contributed by atoms with Crippen molar-refractivity contribution in [3.05, 3.63) is 112 Å². The third kappa shape index (κ3) is 11.9. The number of nitrogens with one attached hydrogen (secondary N) is 2. The van der Waals surface area contributed by atoms with Crippen molar-refractivity contribution in [3.63, 3.8) is 0 Å². The number of carbonyl (C=O) groups excluding carboxylic acids is 3. The Morgan fingerprint density at radius 1 is 0.582 bits per heavy atom. The van der Waals surface area contributed by atoms with Gasteiger partial charge in [0.2, 0.25) is 0 Å². The van der Waals surface area contributed by atoms with Crippen molar-refractivity contribution in [2.45, 2.75) is 125 Å². The van der Waals surface area contributed by atoms with Crippen LogP contribution in [0.2, 0.25) is 0 Å². The van der Waals surface area contributed by atoms with E-state index in [4.69, 9.17) is 9.47 Å². The monoisotopic (exact) mass is 750 g/mol. The van der Waals surface area contributed by atoms with Crippen molar-refractivity contribution < 1.29 is 29.0 Å². The van der Waals surface area contributed by atoms with E-state index in [1.54, 1.807) is 42.5 Å². The standard InChI is InChI=1S/C29H42O3.C18H20N2O3/c1-26(2,3)19-13-14-23(20(17-19)27(4,5)6)32-25(31)18-15-21(28(7,8)9)24(30)22(16-18)29(10,11)12;1-3-13-9-5-6-10-14(13)19-17(21)18(22)20-15-11-7-8-12-16(15)23-4-2/h13-17,30H,1-12H3;5-12H,3-4H2,1-2H3,(H,19,21)(H,20,22). The smallest absolute Gasteiger partial charge is 0.343 e. The quantitative estimate of drug-likeness (QED) is 0.0984. The predicted octanol–water partition coefficient (Wildman–Crippen LogP) is 11.0. The van der Waals surface area contributed by atoms with Crippen LogP contribution in [-0.4, -0.2) is 29.5 Å². The predicted molar refractivity (Wildman–Crippen MR) is 225 cm³/mol. The first-order chi connectivity index (χ1) is 25.4. The second-order valence-electron chi connectivity index (χ2n) is 17.9. The van der Waals surface area contributed by atoms with Gasteiger partial charge in [0.15, 0.2) is 0 Å². The van der Waals surface area contributed by atoms with Gasteiger partial charge in [0.25, 0.3) is 0 Å². The van der Waals surface area contributed by atoms with Crippen LogP contribution in [0.1, 0.15) is 135 Å². The molecule has 4 rings (SSSR count). The Kier molecular flexibility index (Phi) is 14.1. The van der Waals surface area contributed by atoms with Gasteiger partial charge in [-0.2, -0.15) is 0 Å². The first-order valence-corrected chi connectivity index (χ1v) is 19.1. The van der Waals surface area contributed by atoms with Gasteiger partial charge in [-0.25, -0.2) is 4.79 Å². The zero-order chi connectivity index (χ0) is 41.5. The number of phenols is 1. The van der Waals surface area contributed by atoms with Crippen molar-refractivity contribution in [2.24, 2.45) is 0 Å². The fourth-order valence-corrected chi connectivity index (χ4v) is 5.89. The second kappa shape index (κ2) is 17.6. The Hall–Kier alpha value is -5.11. The summed E-state index contributed by atoms with van der Waals surface area (Å²) in [6, 6.07) is 24.0. The number of esters is 1. The van der Waals surface area contributed by atoms with Crippen molar-refractivity contribution in [1.82, 2.24) is 0 Å². The largest absolute Gasteiger partial charge is 0.507 e. The van der Waals surface area contributed by atoms with E-state index in [2.05, 4.69) is 58.2 Å². The summed E-state index contributed by atoms with van der Waals surface area (Å²) in [5.74, 6) is -0.481. The highest BCUT2D eigenvalue weighted by molar-refractivity contribution is 6.43. The first kappa shape index (κ1) is 44.3. The maximum Gasteiger partial charge on any atom is 0.343 e. The van der Waals surface area contributed by atoms with Crippen LogP contribution in [0.4, 0.5) is 11.4 Å². The summed E-state index contributed by atoms with van der Waals surface area (Å²) >= 11 is 0. The lowest BCUT2D eigenvalue weighted by Crippen LogP contribution is -2.29. The van der Waals surface area contributed by atoms with Gasteiger partial charge in [0, 0.05) is 22.4 Å². The molecule has 0 heterocycles. The van der Waals surface area contributed by atoms with Crippen molar-refractivity contribution in [3.8, 4) is 17.2 Å². The lowest BCUT2D eigenvalue weighted by atomic mass is 9.78. The fourth-order valence-electron chi connectivity index (χ4n) is 5.89. The summed E-state index contributed by atoms with van der Waals surface area (Å²) in [6.45, 7) is 29.4. The number of aryl methyl sites for hydroxylation is 1. The number of ether oxygens (including phenoxy) is 2. The molecule has 0 aliphatic carbocycles. The van der Waals surface area contributed by atoms with Crippen LogP contribution in [0.5, 0.6) is 17.2 Å². The van der Waals surface area contributed by atoms with Gasteiger partial charge in [0.1, 0.15) is 17.2 Å². The number of para-hydroxylation sites is 3. The van der Waals surface area contributed by atoms with Crippen molar-refractivity contribution >= 4 is 29.2 Å². The van der Waals surface area contributed by atoms with E-state index in [0.717, 1.165) is 28.7 Å². The number of amides is 2. The van der Waals surface area contributed by atoms with E-state index >= 15 is 0 Å². The van der Waals surface area contributed by atoms with Crippen LogP contribution in [-0.2, 0) is 37.7 Å². The number of anilines is 2. The average molecular weight is 751 g/mol. The van der Waals surface area contributed by atoms with E-state index in [0.29, 0.717) is 35.0 Å². The molecule has 0 atom stereocenters. The van der Waals surface area contributed by atoms with E-state index < -0.39 is 17.8 Å². The van der Waals surface area contributed by atoms with Gasteiger partial charge in [-0.3, -0.25) is 9.59 Å². The molecule has 8 heteroatoms. The first-order valence-electron chi connectivity index (χ1n) is 19.1. The van der Waals surface area contributed by atoms with Gasteiger partial charge in [-0.1, -0.05) is 132 Å². The van der Waals surface area contributed by atoms with E-state index in [-0.39, 0.29) is 27.4 Å². The molecule has 0 saturated carbocycles. The third-order valence-corrected chi connectivity index (χ3v) is 9.11. The molecule has 3 N–H and O–H groups in total. The molecule has 0 saturated heterocycles. The molecular formula is C47H62N2O6. The lowest BCUT2D eigenvalue weighted by Gasteiger charge is -2.28. The zero-order valence-electron chi connectivity index (χ0n) is 35.4. The summed E-state index contributed by atoms with van der Waals surface area (Å²) < 4.78 is 11.4. The van der Waals surface area contributed by atoms with E-state index in [1.165, 1.54) is 5.56 Å². The number of phenolic OH excluding ortho intramolecular Hbond substituents is 1. The third-order valence-electron chi connectivity index (χ3n) is 9.11. The van der Waals surface area contributed by atoms with Gasteiger partial charge >= 0.3 is 17.8 Å². The Labute approximate surface area is 329 Å². The topological polar surface area (TPSA) is 114 Å². The normalized spacial score (nSPS) is 11.9. The van der Waals surface area contributed by atoms with E-state index in [9.17, 15) is 19.5 Å². The van der Waals surface area contributed by atoms with Crippen LogP contribution < -0.4 is 20.1 Å². The maximum atomic E-state index is 13.3. The highest BCUT2D eigenvalue weighted by Gasteiger charge is 2.30. The van der Waals surface area contributed by atoms with Crippen molar-refractivity contribution in [1.29, 1.82) is 0 Å². The summed E-state index contributed by atoms with van der Waals surface area (Å²) in [5.41, 5.74) is 5.44. The Bertz CT molecular complexity index is 1950. The molecule has 296 valence electrons. The molecule has 0 spiro atoms. The van der Waals surface area contributed by atoms with Gasteiger partial charge in [0.05, 0.1) is 17.9 Å². The molecule has 8 nitrogen and oxygen atoms in total. The van der Waals surface area contributed by atoms with Crippen LogP contribution in [0.3, 0.4) is 0 Å². The highest BCUT2D eigenvalue weighted by Crippen LogP contribution is 2.41. The number of aromatic hydroxyl groups is 1. The summed E-state index contributed by atoms with van der Waals surface area (Å²) in [6.07, 6.45) is 0.769. The van der Waals surface area contributed by atoms with Crippen LogP contribution in [0.25, 0.3) is 0 Å². The van der Waals surface area contributed by atoms with Gasteiger partial charge in [-0.15, -0.1) is 0 Å². The minimum absolute atomic E-state index is 0.00269. The van der Waals surface area contributed by atoms with Gasteiger partial charge in [-0.05, 0) is 82.5 Å². The summed E-state index contributed by atoms with van der Waals surface area (Å²) in [7, 11) is 0. The lowest BCUT2D eigenvalue weighted by molar-refractivity contribution is -0.133. The summed E-state index contributed by atoms with van der Waals surface area (Å²) in [4.78, 5) is 37.5. The van der Waals surface area contributed by atoms with Crippen molar-refractivity contribution in [2.75, 3.05) is 17.2 Å².